The lowest BCUT2D eigenvalue weighted by atomic mass is 10.2. The Kier molecular flexibility index (Phi) is 9.39. The molecule has 1 fully saturated rings. The molecule has 0 saturated carbocycles. The van der Waals surface area contributed by atoms with Crippen LogP contribution in [0.15, 0.2) is 0 Å². The third kappa shape index (κ3) is 7.96. The Bertz CT molecular complexity index is 417. The molecule has 21 heavy (non-hydrogen) atoms. The first-order valence-corrected chi connectivity index (χ1v) is 8.56. The maximum absolute atomic E-state index is 12.0. The topological polar surface area (TPSA) is 87.7 Å². The third-order valence-electron chi connectivity index (χ3n) is 3.07. The Morgan fingerprint density at radius 1 is 1.48 bits per heavy atom. The summed E-state index contributed by atoms with van der Waals surface area (Å²) < 4.78 is 30.9. The second-order valence-electron chi connectivity index (χ2n) is 5.20. The van der Waals surface area contributed by atoms with Gasteiger partial charge >= 0.3 is 0 Å². The summed E-state index contributed by atoms with van der Waals surface area (Å²) in [5.41, 5.74) is 0. The number of nitrogens with zero attached hydrogens (tertiary/aromatic N) is 1. The molecule has 0 aliphatic carbocycles. The van der Waals surface area contributed by atoms with Crippen LogP contribution in [0.25, 0.3) is 0 Å². The molecule has 1 saturated heterocycles. The molecular weight excluding hydrogens is 318 g/mol. The Labute approximate surface area is 133 Å². The van der Waals surface area contributed by atoms with Gasteiger partial charge in [-0.2, -0.15) is 0 Å². The minimum absolute atomic E-state index is 0. The summed E-state index contributed by atoms with van der Waals surface area (Å²) >= 11 is 0. The van der Waals surface area contributed by atoms with Gasteiger partial charge < -0.3 is 15.0 Å². The van der Waals surface area contributed by atoms with Crippen LogP contribution in [0.1, 0.15) is 20.8 Å². The van der Waals surface area contributed by atoms with Crippen LogP contribution in [0.4, 0.5) is 0 Å². The van der Waals surface area contributed by atoms with Gasteiger partial charge in [0.25, 0.3) is 0 Å². The maximum atomic E-state index is 12.0. The van der Waals surface area contributed by atoms with E-state index in [1.165, 1.54) is 0 Å². The highest BCUT2D eigenvalue weighted by molar-refractivity contribution is 7.89. The number of ether oxygens (including phenoxy) is 1. The molecule has 0 spiro atoms. The van der Waals surface area contributed by atoms with Crippen molar-refractivity contribution < 1.29 is 17.9 Å². The molecular formula is C12H26ClN3O4S. The molecule has 1 heterocycles. The molecule has 0 aromatic carbocycles. The standard InChI is InChI=1S/C12H25N3O4S.ClH/c1-10(2)19-6-7-20(17,18)14-9-12(16)15-5-4-13-8-11(15)3;/h10-11,13-14H,4-9H2,1-3H3;1H. The molecule has 9 heteroatoms. The fraction of sp³-hybridized carbons (Fsp3) is 0.917. The van der Waals surface area contributed by atoms with Gasteiger partial charge in [0.1, 0.15) is 0 Å². The van der Waals surface area contributed by atoms with Crippen LogP contribution >= 0.6 is 12.4 Å². The van der Waals surface area contributed by atoms with Crippen molar-refractivity contribution in [2.45, 2.75) is 32.9 Å². The zero-order chi connectivity index (χ0) is 15.2. The van der Waals surface area contributed by atoms with Crippen LogP contribution in [0, 0.1) is 0 Å². The Hall–Kier alpha value is -0.410. The lowest BCUT2D eigenvalue weighted by Gasteiger charge is -2.34. The first-order chi connectivity index (χ1) is 9.32. The maximum Gasteiger partial charge on any atom is 0.237 e. The van der Waals surface area contributed by atoms with Gasteiger partial charge in [0.05, 0.1) is 25.0 Å². The monoisotopic (exact) mass is 343 g/mol. The van der Waals surface area contributed by atoms with Crippen molar-refractivity contribution in [3.63, 3.8) is 0 Å². The van der Waals surface area contributed by atoms with E-state index in [1.807, 2.05) is 20.8 Å². The van der Waals surface area contributed by atoms with E-state index < -0.39 is 10.0 Å². The summed E-state index contributed by atoms with van der Waals surface area (Å²) in [5, 5.41) is 3.18. The first kappa shape index (κ1) is 20.6. The van der Waals surface area contributed by atoms with E-state index in [0.717, 1.165) is 13.1 Å². The highest BCUT2D eigenvalue weighted by Crippen LogP contribution is 2.02. The van der Waals surface area contributed by atoms with Crippen LogP contribution in [-0.2, 0) is 19.6 Å². The lowest BCUT2D eigenvalue weighted by molar-refractivity contribution is -0.132. The second kappa shape index (κ2) is 9.58. The van der Waals surface area contributed by atoms with Crippen molar-refractivity contribution in [2.75, 3.05) is 38.5 Å². The van der Waals surface area contributed by atoms with Crippen molar-refractivity contribution in [1.29, 1.82) is 0 Å². The summed E-state index contributed by atoms with van der Waals surface area (Å²) in [6.45, 7) is 7.66. The van der Waals surface area contributed by atoms with Gasteiger partial charge in [-0.05, 0) is 20.8 Å². The molecule has 1 unspecified atom stereocenters. The molecule has 1 amide bonds. The molecule has 1 aliphatic heterocycles. The average molecular weight is 344 g/mol. The lowest BCUT2D eigenvalue weighted by Crippen LogP contribution is -2.54. The number of rotatable bonds is 7. The van der Waals surface area contributed by atoms with Crippen LogP contribution in [-0.4, -0.2) is 69.9 Å². The fourth-order valence-electron chi connectivity index (χ4n) is 1.95. The van der Waals surface area contributed by atoms with Crippen molar-refractivity contribution >= 4 is 28.3 Å². The van der Waals surface area contributed by atoms with Crippen molar-refractivity contribution in [1.82, 2.24) is 14.9 Å². The van der Waals surface area contributed by atoms with Crippen LogP contribution in [0.2, 0.25) is 0 Å². The van der Waals surface area contributed by atoms with E-state index >= 15 is 0 Å². The number of hydrogen-bond acceptors (Lipinski definition) is 5. The normalized spacial score (nSPS) is 19.4. The summed E-state index contributed by atoms with van der Waals surface area (Å²) in [6, 6.07) is 0.0880. The number of carbonyl (C=O) groups excluding carboxylic acids is 1. The van der Waals surface area contributed by atoms with Crippen LogP contribution < -0.4 is 10.0 Å². The van der Waals surface area contributed by atoms with Gasteiger partial charge in [-0.3, -0.25) is 4.79 Å². The van der Waals surface area contributed by atoms with Gasteiger partial charge in [-0.15, -0.1) is 12.4 Å². The molecule has 2 N–H and O–H groups in total. The van der Waals surface area contributed by atoms with Crippen molar-refractivity contribution in [3.05, 3.63) is 0 Å². The molecule has 1 rings (SSSR count). The van der Waals surface area contributed by atoms with E-state index in [1.54, 1.807) is 4.90 Å². The molecule has 0 radical (unpaired) electrons. The van der Waals surface area contributed by atoms with Crippen molar-refractivity contribution in [2.24, 2.45) is 0 Å². The predicted molar refractivity (Wildman–Crippen MR) is 84.2 cm³/mol. The highest BCUT2D eigenvalue weighted by atomic mass is 35.5. The van der Waals surface area contributed by atoms with Crippen LogP contribution in [0.3, 0.4) is 0 Å². The largest absolute Gasteiger partial charge is 0.378 e. The van der Waals surface area contributed by atoms with Gasteiger partial charge in [0.2, 0.25) is 15.9 Å². The number of amides is 1. The fourth-order valence-corrected chi connectivity index (χ4v) is 2.75. The molecule has 126 valence electrons. The van der Waals surface area contributed by atoms with Crippen molar-refractivity contribution in [3.8, 4) is 0 Å². The number of carbonyl (C=O) groups is 1. The van der Waals surface area contributed by atoms with Gasteiger partial charge in [-0.1, -0.05) is 0 Å². The van der Waals surface area contributed by atoms with E-state index in [2.05, 4.69) is 10.0 Å². The number of piperazine rings is 1. The van der Waals surface area contributed by atoms with Gasteiger partial charge in [-0.25, -0.2) is 13.1 Å². The zero-order valence-corrected chi connectivity index (χ0v) is 14.4. The molecule has 0 aromatic rings. The SMILES string of the molecule is CC(C)OCCS(=O)(=O)NCC(=O)N1CCNCC1C.Cl. The number of halogens is 1. The predicted octanol–water partition coefficient (Wildman–Crippen LogP) is -0.427. The molecule has 1 aliphatic rings. The second-order valence-corrected chi connectivity index (χ2v) is 7.13. The first-order valence-electron chi connectivity index (χ1n) is 6.91. The number of nitrogens with one attached hydrogen (secondary N) is 2. The molecule has 1 atom stereocenters. The molecule has 0 bridgehead atoms. The minimum Gasteiger partial charge on any atom is -0.378 e. The van der Waals surface area contributed by atoms with E-state index in [9.17, 15) is 13.2 Å². The summed E-state index contributed by atoms with van der Waals surface area (Å²) in [4.78, 5) is 13.7. The number of sulfonamides is 1. The van der Waals surface area contributed by atoms with E-state index in [4.69, 9.17) is 4.74 Å². The summed E-state index contributed by atoms with van der Waals surface area (Å²) in [6.07, 6.45) is -0.00599. The quantitative estimate of drug-likeness (QED) is 0.655. The smallest absolute Gasteiger partial charge is 0.237 e. The highest BCUT2D eigenvalue weighted by Gasteiger charge is 2.23. The number of hydrogen-bond donors (Lipinski definition) is 2. The summed E-state index contributed by atoms with van der Waals surface area (Å²) in [7, 11) is -3.47. The zero-order valence-electron chi connectivity index (χ0n) is 12.8. The average Bonchev–Trinajstić information content (AvgIpc) is 2.36. The third-order valence-corrected chi connectivity index (χ3v) is 4.36. The Morgan fingerprint density at radius 3 is 2.71 bits per heavy atom. The van der Waals surface area contributed by atoms with Crippen LogP contribution in [0.5, 0.6) is 0 Å². The van der Waals surface area contributed by atoms with Gasteiger partial charge in [0, 0.05) is 25.7 Å². The Morgan fingerprint density at radius 2 is 2.14 bits per heavy atom. The minimum atomic E-state index is -3.47. The van der Waals surface area contributed by atoms with E-state index in [0.29, 0.717) is 6.54 Å². The van der Waals surface area contributed by atoms with Gasteiger partial charge in [0.15, 0.2) is 0 Å². The Balaban J connectivity index is 0.00000400. The molecule has 7 nitrogen and oxygen atoms in total. The van der Waals surface area contributed by atoms with E-state index in [-0.39, 0.29) is 49.4 Å². The summed E-state index contributed by atoms with van der Waals surface area (Å²) in [5.74, 6) is -0.317. The molecule has 0 aromatic heterocycles.